The molecule has 0 aromatic heterocycles. The molecule has 0 bridgehead atoms. The van der Waals surface area contributed by atoms with Crippen molar-refractivity contribution in [1.82, 2.24) is 0 Å². The molecular formula is C8H6BrClFNO. The average molecular weight is 266 g/mol. The van der Waals surface area contributed by atoms with E-state index in [-0.39, 0.29) is 27.4 Å². The number of Topliss-reactive ketones (excluding diaryl/α,β-unsaturated/α-hetero) is 1. The minimum absolute atomic E-state index is 0.0403. The normalized spacial score (nSPS) is 10.1. The Balaban J connectivity index is 3.33. The SMILES string of the molecule is Nc1ccc(F)c(Cl)c1C(=O)CBr. The summed E-state index contributed by atoms with van der Waals surface area (Å²) in [5.74, 6) is -0.970. The van der Waals surface area contributed by atoms with Gasteiger partial charge in [-0.15, -0.1) is 0 Å². The van der Waals surface area contributed by atoms with Crippen LogP contribution in [0.5, 0.6) is 0 Å². The van der Waals surface area contributed by atoms with Crippen LogP contribution in [0.4, 0.5) is 10.1 Å². The molecule has 2 N–H and O–H groups in total. The van der Waals surface area contributed by atoms with Gasteiger partial charge >= 0.3 is 0 Å². The van der Waals surface area contributed by atoms with E-state index in [1.54, 1.807) is 0 Å². The highest BCUT2D eigenvalue weighted by atomic mass is 79.9. The lowest BCUT2D eigenvalue weighted by Gasteiger charge is -2.05. The lowest BCUT2D eigenvalue weighted by molar-refractivity contribution is 0.102. The summed E-state index contributed by atoms with van der Waals surface area (Å²) in [6, 6.07) is 2.44. The van der Waals surface area contributed by atoms with Crippen molar-refractivity contribution in [1.29, 1.82) is 0 Å². The number of rotatable bonds is 2. The van der Waals surface area contributed by atoms with Gasteiger partial charge in [0.2, 0.25) is 0 Å². The number of hydrogen-bond acceptors (Lipinski definition) is 2. The monoisotopic (exact) mass is 265 g/mol. The van der Waals surface area contributed by atoms with Gasteiger partial charge in [-0.25, -0.2) is 4.39 Å². The van der Waals surface area contributed by atoms with Crippen LogP contribution in [0.15, 0.2) is 12.1 Å². The maximum Gasteiger partial charge on any atom is 0.177 e. The lowest BCUT2D eigenvalue weighted by Crippen LogP contribution is -2.06. The van der Waals surface area contributed by atoms with Crippen LogP contribution in [0.25, 0.3) is 0 Å². The molecular weight excluding hydrogens is 260 g/mol. The minimum atomic E-state index is -0.639. The van der Waals surface area contributed by atoms with Crippen LogP contribution >= 0.6 is 27.5 Å². The number of benzene rings is 1. The first-order valence-electron chi connectivity index (χ1n) is 3.40. The highest BCUT2D eigenvalue weighted by Gasteiger charge is 2.15. The van der Waals surface area contributed by atoms with Gasteiger partial charge in [0, 0.05) is 5.69 Å². The smallest absolute Gasteiger partial charge is 0.177 e. The predicted octanol–water partition coefficient (Wildman–Crippen LogP) is 2.64. The molecule has 0 amide bonds. The molecule has 0 saturated carbocycles. The number of hydrogen-bond donors (Lipinski definition) is 1. The number of anilines is 1. The van der Waals surface area contributed by atoms with Gasteiger partial charge < -0.3 is 5.73 Å². The molecule has 0 atom stereocenters. The van der Waals surface area contributed by atoms with Gasteiger partial charge in [-0.05, 0) is 12.1 Å². The first-order chi connectivity index (χ1) is 6.07. The first-order valence-corrected chi connectivity index (χ1v) is 4.90. The quantitative estimate of drug-likeness (QED) is 0.508. The van der Waals surface area contributed by atoms with Gasteiger partial charge in [0.1, 0.15) is 5.82 Å². The van der Waals surface area contributed by atoms with Crippen molar-refractivity contribution in [3.05, 3.63) is 28.5 Å². The summed E-state index contributed by atoms with van der Waals surface area (Å²) in [5.41, 5.74) is 5.70. The summed E-state index contributed by atoms with van der Waals surface area (Å²) >= 11 is 8.53. The van der Waals surface area contributed by atoms with Crippen molar-refractivity contribution in [3.63, 3.8) is 0 Å². The fourth-order valence-corrected chi connectivity index (χ4v) is 1.47. The largest absolute Gasteiger partial charge is 0.398 e. The maximum atomic E-state index is 12.9. The van der Waals surface area contributed by atoms with Crippen LogP contribution in [0, 0.1) is 5.82 Å². The molecule has 0 radical (unpaired) electrons. The molecule has 0 aliphatic heterocycles. The third-order valence-corrected chi connectivity index (χ3v) is 2.41. The van der Waals surface area contributed by atoms with Gasteiger partial charge in [0.15, 0.2) is 5.78 Å². The van der Waals surface area contributed by atoms with Crippen LogP contribution in [-0.4, -0.2) is 11.1 Å². The zero-order valence-electron chi connectivity index (χ0n) is 6.48. The summed E-state index contributed by atoms with van der Waals surface area (Å²) in [5, 5.41) is -0.148. The second kappa shape index (κ2) is 4.07. The number of carbonyl (C=O) groups excluding carboxylic acids is 1. The highest BCUT2D eigenvalue weighted by Crippen LogP contribution is 2.26. The molecule has 0 unspecified atom stereocenters. The molecule has 0 aliphatic rings. The first kappa shape index (κ1) is 10.5. The Labute approximate surface area is 88.0 Å². The molecule has 2 nitrogen and oxygen atoms in total. The number of nitrogens with two attached hydrogens (primary N) is 1. The highest BCUT2D eigenvalue weighted by molar-refractivity contribution is 9.09. The topological polar surface area (TPSA) is 43.1 Å². The van der Waals surface area contributed by atoms with Crippen molar-refractivity contribution >= 4 is 39.0 Å². The fourth-order valence-electron chi connectivity index (χ4n) is 0.916. The fraction of sp³-hybridized carbons (Fsp3) is 0.125. The van der Waals surface area contributed by atoms with E-state index >= 15 is 0 Å². The Hall–Kier alpha value is -0.610. The van der Waals surface area contributed by atoms with E-state index in [1.807, 2.05) is 0 Å². The van der Waals surface area contributed by atoms with E-state index in [4.69, 9.17) is 17.3 Å². The van der Waals surface area contributed by atoms with Crippen LogP contribution in [-0.2, 0) is 0 Å². The molecule has 1 aromatic rings. The zero-order valence-corrected chi connectivity index (χ0v) is 8.82. The average Bonchev–Trinajstić information content (AvgIpc) is 2.12. The van der Waals surface area contributed by atoms with E-state index in [0.717, 1.165) is 6.07 Å². The summed E-state index contributed by atoms with van der Waals surface area (Å²) < 4.78 is 12.9. The Morgan fingerprint density at radius 3 is 2.77 bits per heavy atom. The Kier molecular flexibility index (Phi) is 3.27. The molecule has 0 heterocycles. The van der Waals surface area contributed by atoms with Crippen LogP contribution in [0.1, 0.15) is 10.4 Å². The van der Waals surface area contributed by atoms with Gasteiger partial charge in [-0.1, -0.05) is 27.5 Å². The van der Waals surface area contributed by atoms with E-state index in [9.17, 15) is 9.18 Å². The second-order valence-corrected chi connectivity index (χ2v) is 3.32. The molecule has 70 valence electrons. The van der Waals surface area contributed by atoms with Crippen molar-refractivity contribution in [2.45, 2.75) is 0 Å². The lowest BCUT2D eigenvalue weighted by atomic mass is 10.1. The van der Waals surface area contributed by atoms with Gasteiger partial charge in [-0.3, -0.25) is 4.79 Å². The number of halogens is 3. The molecule has 0 saturated heterocycles. The third-order valence-electron chi connectivity index (χ3n) is 1.53. The summed E-state index contributed by atoms with van der Waals surface area (Å²) in [6.45, 7) is 0. The van der Waals surface area contributed by atoms with Crippen molar-refractivity contribution in [2.24, 2.45) is 0 Å². The molecule has 1 rings (SSSR count). The number of nitrogen functional groups attached to an aromatic ring is 1. The van der Waals surface area contributed by atoms with Crippen molar-refractivity contribution in [3.8, 4) is 0 Å². The molecule has 0 fully saturated rings. The van der Waals surface area contributed by atoms with Crippen LogP contribution < -0.4 is 5.73 Å². The van der Waals surface area contributed by atoms with E-state index in [0.29, 0.717) is 0 Å². The van der Waals surface area contributed by atoms with Crippen molar-refractivity contribution in [2.75, 3.05) is 11.1 Å². The minimum Gasteiger partial charge on any atom is -0.398 e. The van der Waals surface area contributed by atoms with Crippen LogP contribution in [0.3, 0.4) is 0 Å². The second-order valence-electron chi connectivity index (χ2n) is 2.38. The Bertz CT molecular complexity index is 356. The van der Waals surface area contributed by atoms with E-state index in [2.05, 4.69) is 15.9 Å². The molecule has 1 aromatic carbocycles. The number of alkyl halides is 1. The Morgan fingerprint density at radius 2 is 2.23 bits per heavy atom. The summed E-state index contributed by atoms with van der Waals surface area (Å²) in [6.07, 6.45) is 0. The third kappa shape index (κ3) is 2.00. The molecule has 5 heteroatoms. The van der Waals surface area contributed by atoms with Crippen LogP contribution in [0.2, 0.25) is 5.02 Å². The summed E-state index contributed by atoms with van der Waals surface area (Å²) in [7, 11) is 0. The molecule has 0 spiro atoms. The number of carbonyl (C=O) groups is 1. The standard InChI is InChI=1S/C8H6BrClFNO/c9-3-6(13)7-5(12)2-1-4(11)8(7)10/h1-2H,3,12H2. The summed E-state index contributed by atoms with van der Waals surface area (Å²) in [4.78, 5) is 11.2. The predicted molar refractivity (Wildman–Crippen MR) is 53.9 cm³/mol. The maximum absolute atomic E-state index is 12.9. The van der Waals surface area contributed by atoms with Gasteiger partial charge in [0.05, 0.1) is 15.9 Å². The Morgan fingerprint density at radius 1 is 1.62 bits per heavy atom. The molecule has 13 heavy (non-hydrogen) atoms. The van der Waals surface area contributed by atoms with Gasteiger partial charge in [-0.2, -0.15) is 0 Å². The van der Waals surface area contributed by atoms with E-state index in [1.165, 1.54) is 6.07 Å². The van der Waals surface area contributed by atoms with Crippen molar-refractivity contribution < 1.29 is 9.18 Å². The zero-order chi connectivity index (χ0) is 10.0. The van der Waals surface area contributed by atoms with E-state index < -0.39 is 5.82 Å². The van der Waals surface area contributed by atoms with Gasteiger partial charge in [0.25, 0.3) is 0 Å². The number of ketones is 1. The molecule has 0 aliphatic carbocycles.